The summed E-state index contributed by atoms with van der Waals surface area (Å²) in [6.07, 6.45) is 6.91. The molecular weight excluding hydrogens is 304 g/mol. The van der Waals surface area contributed by atoms with E-state index in [1.165, 1.54) is 0 Å². The molecule has 3 aromatic heterocycles. The van der Waals surface area contributed by atoms with Gasteiger partial charge in [-0.15, -0.1) is 0 Å². The van der Waals surface area contributed by atoms with Gasteiger partial charge in [-0.2, -0.15) is 4.98 Å². The van der Waals surface area contributed by atoms with Crippen molar-refractivity contribution >= 4 is 17.1 Å². The number of nitrogens with one attached hydrogen (secondary N) is 1. The first-order valence-corrected chi connectivity index (χ1v) is 7.42. The topological polar surface area (TPSA) is 88.8 Å². The Morgan fingerprint density at radius 3 is 2.71 bits per heavy atom. The van der Waals surface area contributed by atoms with E-state index in [2.05, 4.69) is 25.3 Å². The smallest absolute Gasteiger partial charge is 0.225 e. The van der Waals surface area contributed by atoms with Gasteiger partial charge < -0.3 is 10.4 Å². The molecule has 0 aliphatic rings. The molecule has 1 aromatic carbocycles. The molecule has 0 amide bonds. The molecule has 0 aliphatic carbocycles. The number of fused-ring (bicyclic) bond motifs is 1. The summed E-state index contributed by atoms with van der Waals surface area (Å²) in [6, 6.07) is 10.7. The van der Waals surface area contributed by atoms with Crippen molar-refractivity contribution < 1.29 is 5.11 Å². The Hall–Kier alpha value is -3.48. The number of phenols is 1. The normalized spacial score (nSPS) is 10.8. The number of pyridine rings is 1. The molecule has 0 saturated heterocycles. The molecule has 24 heavy (non-hydrogen) atoms. The number of aromatic hydroxyl groups is 1. The predicted molar refractivity (Wildman–Crippen MR) is 89.9 cm³/mol. The Morgan fingerprint density at radius 2 is 1.92 bits per heavy atom. The van der Waals surface area contributed by atoms with Crippen LogP contribution in [0.4, 0.5) is 5.95 Å². The number of phenolic OH excluding ortho intramolecular Hbond substituents is 1. The van der Waals surface area contributed by atoms with Crippen molar-refractivity contribution in [3.8, 4) is 11.4 Å². The number of anilines is 1. The van der Waals surface area contributed by atoms with Crippen molar-refractivity contribution in [1.29, 1.82) is 0 Å². The van der Waals surface area contributed by atoms with Crippen LogP contribution in [0.15, 0.2) is 61.3 Å². The maximum Gasteiger partial charge on any atom is 0.225 e. The van der Waals surface area contributed by atoms with E-state index in [-0.39, 0.29) is 5.75 Å². The van der Waals surface area contributed by atoms with Gasteiger partial charge in [0.05, 0.1) is 6.20 Å². The molecule has 3 heterocycles. The summed E-state index contributed by atoms with van der Waals surface area (Å²) in [7, 11) is 0. The summed E-state index contributed by atoms with van der Waals surface area (Å²) in [5, 5.41) is 12.6. The monoisotopic (exact) mass is 318 g/mol. The highest BCUT2D eigenvalue weighted by molar-refractivity contribution is 5.73. The second kappa shape index (κ2) is 5.96. The molecule has 0 radical (unpaired) electrons. The third kappa shape index (κ3) is 2.74. The zero-order valence-electron chi connectivity index (χ0n) is 12.7. The van der Waals surface area contributed by atoms with Gasteiger partial charge in [0.2, 0.25) is 5.95 Å². The molecular formula is C17H14N6O. The Balaban J connectivity index is 1.64. The van der Waals surface area contributed by atoms with Crippen molar-refractivity contribution in [2.24, 2.45) is 0 Å². The van der Waals surface area contributed by atoms with Crippen molar-refractivity contribution in [1.82, 2.24) is 24.5 Å². The van der Waals surface area contributed by atoms with E-state index in [9.17, 15) is 5.11 Å². The molecule has 118 valence electrons. The summed E-state index contributed by atoms with van der Waals surface area (Å²) >= 11 is 0. The molecule has 0 spiro atoms. The van der Waals surface area contributed by atoms with E-state index in [1.807, 2.05) is 16.7 Å². The molecule has 7 nitrogen and oxygen atoms in total. The van der Waals surface area contributed by atoms with Crippen LogP contribution in [0.2, 0.25) is 0 Å². The van der Waals surface area contributed by atoms with E-state index in [0.717, 1.165) is 11.3 Å². The van der Waals surface area contributed by atoms with E-state index < -0.39 is 0 Å². The second-order valence-electron chi connectivity index (χ2n) is 5.25. The molecule has 0 unspecified atom stereocenters. The van der Waals surface area contributed by atoms with Crippen LogP contribution in [0, 0.1) is 0 Å². The Morgan fingerprint density at radius 1 is 1.04 bits per heavy atom. The van der Waals surface area contributed by atoms with Gasteiger partial charge in [0.15, 0.2) is 5.65 Å². The summed E-state index contributed by atoms with van der Waals surface area (Å²) in [5.41, 5.74) is 3.32. The average molecular weight is 318 g/mol. The van der Waals surface area contributed by atoms with Crippen molar-refractivity contribution in [3.63, 3.8) is 0 Å². The van der Waals surface area contributed by atoms with Crippen LogP contribution in [0.3, 0.4) is 0 Å². The van der Waals surface area contributed by atoms with Gasteiger partial charge in [-0.05, 0) is 35.9 Å². The maximum atomic E-state index is 9.42. The predicted octanol–water partition coefficient (Wildman–Crippen LogP) is 2.53. The minimum Gasteiger partial charge on any atom is -0.508 e. The first kappa shape index (κ1) is 14.1. The lowest BCUT2D eigenvalue weighted by Crippen LogP contribution is -2.04. The van der Waals surface area contributed by atoms with Crippen LogP contribution in [-0.4, -0.2) is 29.6 Å². The van der Waals surface area contributed by atoms with Gasteiger partial charge >= 0.3 is 0 Å². The molecule has 7 heteroatoms. The lowest BCUT2D eigenvalue weighted by molar-refractivity contribution is 0.475. The number of benzene rings is 1. The molecule has 0 aliphatic heterocycles. The number of nitrogens with zero attached hydrogens (tertiary/aromatic N) is 5. The van der Waals surface area contributed by atoms with Crippen molar-refractivity contribution in [3.05, 3.63) is 66.9 Å². The van der Waals surface area contributed by atoms with E-state index in [0.29, 0.717) is 23.7 Å². The minimum absolute atomic E-state index is 0.219. The average Bonchev–Trinajstić information content (AvgIpc) is 3.05. The van der Waals surface area contributed by atoms with Crippen LogP contribution in [0.1, 0.15) is 5.56 Å². The summed E-state index contributed by atoms with van der Waals surface area (Å²) < 4.78 is 1.85. The molecule has 4 rings (SSSR count). The van der Waals surface area contributed by atoms with Crippen molar-refractivity contribution in [2.45, 2.75) is 6.54 Å². The van der Waals surface area contributed by atoms with E-state index in [4.69, 9.17) is 0 Å². The third-order valence-corrected chi connectivity index (χ3v) is 3.59. The Kier molecular flexibility index (Phi) is 3.51. The lowest BCUT2D eigenvalue weighted by Gasteiger charge is -2.06. The summed E-state index contributed by atoms with van der Waals surface area (Å²) in [4.78, 5) is 17.2. The molecule has 0 fully saturated rings. The Bertz CT molecular complexity index is 965. The first-order chi connectivity index (χ1) is 11.8. The van der Waals surface area contributed by atoms with Crippen LogP contribution in [-0.2, 0) is 6.54 Å². The first-order valence-electron chi connectivity index (χ1n) is 7.42. The van der Waals surface area contributed by atoms with Gasteiger partial charge in [0.25, 0.3) is 0 Å². The fourth-order valence-corrected chi connectivity index (χ4v) is 2.38. The highest BCUT2D eigenvalue weighted by atomic mass is 16.3. The van der Waals surface area contributed by atoms with Gasteiger partial charge in [-0.1, -0.05) is 6.07 Å². The van der Waals surface area contributed by atoms with Gasteiger partial charge in [-0.3, -0.25) is 9.55 Å². The van der Waals surface area contributed by atoms with E-state index >= 15 is 0 Å². The second-order valence-corrected chi connectivity index (χ2v) is 5.25. The van der Waals surface area contributed by atoms with Gasteiger partial charge in [-0.25, -0.2) is 9.97 Å². The quantitative estimate of drug-likeness (QED) is 0.601. The standard InChI is InChI=1S/C17H14N6O/c24-14-5-3-13(4-6-14)23-11-21-15-10-20-17(22-16(15)23)19-9-12-2-1-7-18-8-12/h1-8,10-11,24H,9H2,(H,19,20,22). The Labute approximate surface area is 137 Å². The zero-order valence-corrected chi connectivity index (χ0v) is 12.7. The zero-order chi connectivity index (χ0) is 16.4. The van der Waals surface area contributed by atoms with Crippen molar-refractivity contribution in [2.75, 3.05) is 5.32 Å². The fourth-order valence-electron chi connectivity index (χ4n) is 2.38. The molecule has 2 N–H and O–H groups in total. The van der Waals surface area contributed by atoms with Crippen LogP contribution < -0.4 is 5.32 Å². The highest BCUT2D eigenvalue weighted by Gasteiger charge is 2.08. The van der Waals surface area contributed by atoms with Crippen LogP contribution in [0.5, 0.6) is 5.75 Å². The summed E-state index contributed by atoms with van der Waals surface area (Å²) in [6.45, 7) is 0.590. The summed E-state index contributed by atoms with van der Waals surface area (Å²) in [5.74, 6) is 0.739. The number of hydrogen-bond acceptors (Lipinski definition) is 6. The maximum absolute atomic E-state index is 9.42. The fraction of sp³-hybridized carbons (Fsp3) is 0.0588. The molecule has 0 saturated carbocycles. The number of hydrogen-bond donors (Lipinski definition) is 2. The van der Waals surface area contributed by atoms with Gasteiger partial charge in [0, 0.05) is 24.6 Å². The van der Waals surface area contributed by atoms with Gasteiger partial charge in [0.1, 0.15) is 17.6 Å². The van der Waals surface area contributed by atoms with Crippen LogP contribution in [0.25, 0.3) is 16.9 Å². The minimum atomic E-state index is 0.219. The SMILES string of the molecule is Oc1ccc(-n2cnc3cnc(NCc4cccnc4)nc32)cc1. The van der Waals surface area contributed by atoms with Crippen LogP contribution >= 0.6 is 0 Å². The van der Waals surface area contributed by atoms with E-state index in [1.54, 1.807) is 49.2 Å². The lowest BCUT2D eigenvalue weighted by atomic mass is 10.3. The largest absolute Gasteiger partial charge is 0.508 e. The number of imidazole rings is 1. The molecule has 0 atom stereocenters. The number of aromatic nitrogens is 5. The number of rotatable bonds is 4. The highest BCUT2D eigenvalue weighted by Crippen LogP contribution is 2.19. The molecule has 4 aromatic rings. The molecule has 0 bridgehead atoms. The third-order valence-electron chi connectivity index (χ3n) is 3.59.